The van der Waals surface area contributed by atoms with Crippen molar-refractivity contribution in [1.29, 1.82) is 0 Å². The van der Waals surface area contributed by atoms with Crippen molar-refractivity contribution in [2.75, 3.05) is 0 Å². The van der Waals surface area contributed by atoms with Gasteiger partial charge in [0.2, 0.25) is 0 Å². The summed E-state index contributed by atoms with van der Waals surface area (Å²) in [4.78, 5) is 0. The third-order valence-corrected chi connectivity index (χ3v) is 47.4. The van der Waals surface area contributed by atoms with Gasteiger partial charge in [-0.25, -0.2) is 0 Å². The fraction of sp³-hybridized carbons (Fsp3) is 0.0833. The molecule has 272 valence electrons. The predicted octanol–water partition coefficient (Wildman–Crippen LogP) is 6.71. The van der Waals surface area contributed by atoms with Gasteiger partial charge in [0.15, 0.2) is 0 Å². The summed E-state index contributed by atoms with van der Waals surface area (Å²) in [6, 6.07) is 62.5. The second kappa shape index (κ2) is 12.1. The molecule has 3 heterocycles. The van der Waals surface area contributed by atoms with Gasteiger partial charge in [-0.05, 0) is 0 Å². The molecule has 8 aromatic rings. The number of fused-ring (bicyclic) bond motifs is 2. The zero-order valence-corrected chi connectivity index (χ0v) is 36.8. The van der Waals surface area contributed by atoms with E-state index in [1.807, 2.05) is 0 Å². The van der Waals surface area contributed by atoms with E-state index in [2.05, 4.69) is 170 Å². The zero-order chi connectivity index (χ0) is 36.7. The van der Waals surface area contributed by atoms with Gasteiger partial charge in [0.25, 0.3) is 0 Å². The van der Waals surface area contributed by atoms with Crippen LogP contribution in [-0.2, 0) is 34.4 Å². The molecule has 2 aliphatic carbocycles. The Morgan fingerprint density at radius 3 is 0.946 bits per heavy atom. The molecule has 8 aromatic carbocycles. The van der Waals surface area contributed by atoms with E-state index in [-0.39, 0.29) is 0 Å². The van der Waals surface area contributed by atoms with Gasteiger partial charge in [-0.15, -0.1) is 0 Å². The Morgan fingerprint density at radius 1 is 0.321 bits per heavy atom. The summed E-state index contributed by atoms with van der Waals surface area (Å²) >= 11 is -8.90. The normalized spacial score (nSPS) is 25.1. The Labute approximate surface area is 338 Å². The Bertz CT molecular complexity index is 2640. The molecule has 2 spiro atoms. The molecule has 0 aromatic heterocycles. The molecule has 3 aliphatic heterocycles. The number of hydrogen-bond acceptors (Lipinski definition) is 4. The fourth-order valence-corrected chi connectivity index (χ4v) is 55.9. The topological polar surface area (TPSA) is 36.9 Å². The van der Waals surface area contributed by atoms with Gasteiger partial charge >= 0.3 is 341 Å². The molecule has 13 rings (SSSR count). The summed E-state index contributed by atoms with van der Waals surface area (Å²) in [5.74, 6) is 0. The molecule has 0 bridgehead atoms. The van der Waals surface area contributed by atoms with Crippen molar-refractivity contribution in [3.63, 3.8) is 0 Å². The molecular formula is C48H36O4P2Te2+2. The Kier molecular flexibility index (Phi) is 7.22. The van der Waals surface area contributed by atoms with Gasteiger partial charge in [0.1, 0.15) is 0 Å². The van der Waals surface area contributed by atoms with Crippen molar-refractivity contribution < 1.29 is 8.71 Å². The molecule has 0 radical (unpaired) electrons. The van der Waals surface area contributed by atoms with Crippen molar-refractivity contribution in [3.05, 3.63) is 192 Å². The average Bonchev–Trinajstić information content (AvgIpc) is 3.89. The quantitative estimate of drug-likeness (QED) is 0.145. The van der Waals surface area contributed by atoms with Crippen LogP contribution < -0.4 is 39.1 Å². The molecule has 4 nitrogen and oxygen atoms in total. The minimum atomic E-state index is -4.45. The fourth-order valence-electron chi connectivity index (χ4n) is 9.97. The maximum absolute atomic E-state index is 8.07. The van der Waals surface area contributed by atoms with Gasteiger partial charge in [-0.2, -0.15) is 0 Å². The molecule has 0 atom stereocenters. The van der Waals surface area contributed by atoms with Crippen LogP contribution in [0.1, 0.15) is 22.3 Å². The van der Waals surface area contributed by atoms with Gasteiger partial charge in [0.05, 0.1) is 0 Å². The van der Waals surface area contributed by atoms with E-state index in [9.17, 15) is 0 Å². The van der Waals surface area contributed by atoms with Crippen LogP contribution in [0.15, 0.2) is 170 Å². The number of benzene rings is 8. The average molecular weight is 994 g/mol. The summed E-state index contributed by atoms with van der Waals surface area (Å²) < 4.78 is 34.6. The first kappa shape index (κ1) is 33.5. The van der Waals surface area contributed by atoms with Crippen LogP contribution >= 0.6 is 15.0 Å². The van der Waals surface area contributed by atoms with E-state index in [1.54, 1.807) is 0 Å². The van der Waals surface area contributed by atoms with E-state index in [1.165, 1.54) is 75.6 Å². The molecule has 0 N–H and O–H groups in total. The minimum absolute atomic E-state index is 1.05. The maximum atomic E-state index is 8.07. The molecule has 1 saturated heterocycles. The van der Waals surface area contributed by atoms with Crippen LogP contribution in [0.3, 0.4) is 0 Å². The van der Waals surface area contributed by atoms with E-state index in [0.29, 0.717) is 0 Å². The second-order valence-corrected chi connectivity index (χ2v) is 37.2. The first-order chi connectivity index (χ1) is 27.6. The van der Waals surface area contributed by atoms with Crippen LogP contribution in [0, 0.1) is 0 Å². The van der Waals surface area contributed by atoms with Crippen LogP contribution in [0.25, 0.3) is 21.5 Å². The van der Waals surface area contributed by atoms with E-state index >= 15 is 0 Å². The van der Waals surface area contributed by atoms with Crippen LogP contribution in [0.2, 0.25) is 0 Å². The molecule has 5 aliphatic rings. The zero-order valence-electron chi connectivity index (χ0n) is 30.3. The van der Waals surface area contributed by atoms with Crippen molar-refractivity contribution in [3.8, 4) is 0 Å². The van der Waals surface area contributed by atoms with Gasteiger partial charge in [-0.3, -0.25) is 0 Å². The van der Waals surface area contributed by atoms with Crippen molar-refractivity contribution in [1.82, 2.24) is 0 Å². The Hall–Kier alpha value is -3.44. The Morgan fingerprint density at radius 2 is 0.625 bits per heavy atom. The molecule has 8 heteroatoms. The third kappa shape index (κ3) is 4.27. The van der Waals surface area contributed by atoms with Crippen molar-refractivity contribution in [2.45, 2.75) is 25.7 Å². The summed E-state index contributed by atoms with van der Waals surface area (Å²) in [6.07, 6.45) is 4.21. The van der Waals surface area contributed by atoms with E-state index in [0.717, 1.165) is 32.9 Å². The molecule has 0 saturated carbocycles. The summed E-state index contributed by atoms with van der Waals surface area (Å²) in [5, 5.41) is 12.7. The molecule has 56 heavy (non-hydrogen) atoms. The van der Waals surface area contributed by atoms with Crippen molar-refractivity contribution >= 4 is 114 Å². The summed E-state index contributed by atoms with van der Waals surface area (Å²) in [6.45, 7) is 0. The number of hydrogen-bond donors (Lipinski definition) is 0. The van der Waals surface area contributed by atoms with Gasteiger partial charge in [0, 0.05) is 0 Å². The third-order valence-electron chi connectivity index (χ3n) is 12.3. The van der Waals surface area contributed by atoms with E-state index < -0.39 is 53.8 Å². The van der Waals surface area contributed by atoms with Crippen molar-refractivity contribution in [2.24, 2.45) is 0 Å². The molecule has 0 unspecified atom stereocenters. The van der Waals surface area contributed by atoms with Gasteiger partial charge < -0.3 is 0 Å². The first-order valence-corrected chi connectivity index (χ1v) is 30.8. The van der Waals surface area contributed by atoms with E-state index in [4.69, 9.17) is 8.71 Å². The van der Waals surface area contributed by atoms with Crippen LogP contribution in [-0.4, -0.2) is 38.8 Å². The second-order valence-electron chi connectivity index (χ2n) is 15.2. The first-order valence-electron chi connectivity index (χ1n) is 19.3. The molecule has 0 amide bonds. The van der Waals surface area contributed by atoms with Crippen LogP contribution in [0.4, 0.5) is 0 Å². The monoisotopic (exact) mass is 998 g/mol. The SMILES string of the molecule is c1ccc([P+]2(c3ccccc3)O[Te]3(O[Te]4(O[P+](c5ccccc5)(c5ccccc5)c5ccc6c7c(ccc4c57)CC6)O3)c3ccc4c5c(ccc2c35)CC4)cc1. The predicted molar refractivity (Wildman–Crippen MR) is 235 cm³/mol. The summed E-state index contributed by atoms with van der Waals surface area (Å²) in [5.41, 5.74) is 5.67. The van der Waals surface area contributed by atoms with Crippen LogP contribution in [0.5, 0.6) is 0 Å². The molecular weight excluding hydrogens is 958 g/mol. The standard InChI is InChI=1S/C48H36O4P2Te2/c1-5-13-37(14-6-1)53(38-15-7-2-8-16-38)41-29-25-33-21-23-35-27-31-43(47(41)45(33)35)55(49-53)51-56(52-55)44-32-28-36-24-22-34-26-30-42(48(44)46(34)36)54(50-56,39-17-9-3-10-18-39)40-19-11-4-12-20-40/h1-20,25-32H,21-24H2/q+2. The summed E-state index contributed by atoms with van der Waals surface area (Å²) in [7, 11) is -5.46. The number of rotatable bonds is 4. The van der Waals surface area contributed by atoms with Gasteiger partial charge in [-0.1, -0.05) is 0 Å². The molecule has 1 fully saturated rings. The number of aryl methyl sites for hydroxylation is 4. The Balaban J connectivity index is 1.11.